The summed E-state index contributed by atoms with van der Waals surface area (Å²) in [6.07, 6.45) is 3.47. The van der Waals surface area contributed by atoms with Gasteiger partial charge in [-0.1, -0.05) is 24.1 Å². The van der Waals surface area contributed by atoms with Crippen LogP contribution in [0.4, 0.5) is 4.39 Å². The van der Waals surface area contributed by atoms with Gasteiger partial charge in [-0.3, -0.25) is 0 Å². The number of hydrogen-bond acceptors (Lipinski definition) is 1. The molecule has 1 aliphatic heterocycles. The Morgan fingerprint density at radius 3 is 2.73 bits per heavy atom. The number of nitrogens with one attached hydrogen (secondary N) is 1. The first-order valence-corrected chi connectivity index (χ1v) is 5.68. The molecule has 1 saturated heterocycles. The predicted molar refractivity (Wildman–Crippen MR) is 60.5 cm³/mol. The standard InChI is InChI=1S/C13H18FN/c1-9-7-10(2)13(14)11(8-9)12-5-3-4-6-15-12/h7-8,12,15H,3-6H2,1-2H3. The van der Waals surface area contributed by atoms with Crippen molar-refractivity contribution in [3.05, 3.63) is 34.6 Å². The highest BCUT2D eigenvalue weighted by atomic mass is 19.1. The maximum absolute atomic E-state index is 13.9. The van der Waals surface area contributed by atoms with E-state index in [2.05, 4.69) is 5.32 Å². The minimum atomic E-state index is -0.0278. The monoisotopic (exact) mass is 207 g/mol. The quantitative estimate of drug-likeness (QED) is 0.745. The second-order valence-electron chi connectivity index (χ2n) is 4.49. The molecule has 1 heterocycles. The van der Waals surface area contributed by atoms with Crippen molar-refractivity contribution in [3.8, 4) is 0 Å². The molecule has 1 nitrogen and oxygen atoms in total. The summed E-state index contributed by atoms with van der Waals surface area (Å²) in [6.45, 7) is 4.88. The van der Waals surface area contributed by atoms with Gasteiger partial charge >= 0.3 is 0 Å². The first kappa shape index (κ1) is 10.6. The fraction of sp³-hybridized carbons (Fsp3) is 0.538. The van der Waals surface area contributed by atoms with E-state index in [0.29, 0.717) is 0 Å². The molecule has 0 bridgehead atoms. The van der Waals surface area contributed by atoms with Crippen molar-refractivity contribution in [1.82, 2.24) is 5.32 Å². The van der Waals surface area contributed by atoms with E-state index in [-0.39, 0.29) is 11.9 Å². The largest absolute Gasteiger partial charge is 0.310 e. The minimum Gasteiger partial charge on any atom is -0.310 e. The zero-order chi connectivity index (χ0) is 10.8. The van der Waals surface area contributed by atoms with Crippen molar-refractivity contribution in [3.63, 3.8) is 0 Å². The zero-order valence-electron chi connectivity index (χ0n) is 9.44. The molecule has 1 N–H and O–H groups in total. The smallest absolute Gasteiger partial charge is 0.130 e. The number of aryl methyl sites for hydroxylation is 2. The molecule has 2 heteroatoms. The Morgan fingerprint density at radius 2 is 2.07 bits per heavy atom. The van der Waals surface area contributed by atoms with E-state index < -0.39 is 0 Å². The van der Waals surface area contributed by atoms with E-state index >= 15 is 0 Å². The molecule has 1 aromatic rings. The molecule has 0 saturated carbocycles. The SMILES string of the molecule is Cc1cc(C)c(F)c(C2CCCCN2)c1. The molecule has 1 unspecified atom stereocenters. The summed E-state index contributed by atoms with van der Waals surface area (Å²) in [5.41, 5.74) is 2.76. The molecule has 1 aromatic carbocycles. The van der Waals surface area contributed by atoms with E-state index in [1.165, 1.54) is 12.8 Å². The van der Waals surface area contributed by atoms with Crippen molar-refractivity contribution in [2.45, 2.75) is 39.2 Å². The Kier molecular flexibility index (Phi) is 3.06. The molecule has 1 aliphatic rings. The van der Waals surface area contributed by atoms with Gasteiger partial charge in [-0.2, -0.15) is 0 Å². The van der Waals surface area contributed by atoms with Gasteiger partial charge in [-0.25, -0.2) is 4.39 Å². The highest BCUT2D eigenvalue weighted by molar-refractivity contribution is 5.32. The molecule has 0 spiro atoms. The summed E-state index contributed by atoms with van der Waals surface area (Å²) in [5.74, 6) is -0.0278. The van der Waals surface area contributed by atoms with Crippen LogP contribution in [0.3, 0.4) is 0 Å². The molecule has 0 aliphatic carbocycles. The van der Waals surface area contributed by atoms with Crippen molar-refractivity contribution >= 4 is 0 Å². The van der Waals surface area contributed by atoms with Crippen LogP contribution in [-0.4, -0.2) is 6.54 Å². The molecular formula is C13H18FN. The zero-order valence-corrected chi connectivity index (χ0v) is 9.44. The topological polar surface area (TPSA) is 12.0 Å². The lowest BCUT2D eigenvalue weighted by Crippen LogP contribution is -2.27. The lowest BCUT2D eigenvalue weighted by Gasteiger charge is -2.25. The number of halogens is 1. The average molecular weight is 207 g/mol. The normalized spacial score (nSPS) is 21.7. The van der Waals surface area contributed by atoms with Gasteiger partial charge in [-0.15, -0.1) is 0 Å². The van der Waals surface area contributed by atoms with Crippen LogP contribution in [0.2, 0.25) is 0 Å². The number of rotatable bonds is 1. The highest BCUT2D eigenvalue weighted by Crippen LogP contribution is 2.27. The van der Waals surface area contributed by atoms with Gasteiger partial charge < -0.3 is 5.32 Å². The summed E-state index contributed by atoms with van der Waals surface area (Å²) >= 11 is 0. The van der Waals surface area contributed by atoms with Gasteiger partial charge in [0.25, 0.3) is 0 Å². The fourth-order valence-corrected chi connectivity index (χ4v) is 2.35. The second-order valence-corrected chi connectivity index (χ2v) is 4.49. The Hall–Kier alpha value is -0.890. The Bertz CT molecular complexity index is 354. The second kappa shape index (κ2) is 4.31. The molecule has 15 heavy (non-hydrogen) atoms. The van der Waals surface area contributed by atoms with Gasteiger partial charge in [0.05, 0.1) is 0 Å². The first-order valence-electron chi connectivity index (χ1n) is 5.68. The maximum Gasteiger partial charge on any atom is 0.130 e. The van der Waals surface area contributed by atoms with Crippen LogP contribution in [0.1, 0.15) is 42.0 Å². The summed E-state index contributed by atoms with van der Waals surface area (Å²) < 4.78 is 13.9. The summed E-state index contributed by atoms with van der Waals surface area (Å²) in [6, 6.07) is 4.10. The molecule has 1 fully saturated rings. The molecule has 82 valence electrons. The van der Waals surface area contributed by atoms with Crippen LogP contribution in [0.25, 0.3) is 0 Å². The van der Waals surface area contributed by atoms with Crippen molar-refractivity contribution in [1.29, 1.82) is 0 Å². The Morgan fingerprint density at radius 1 is 1.27 bits per heavy atom. The van der Waals surface area contributed by atoms with E-state index in [1.807, 2.05) is 26.0 Å². The summed E-state index contributed by atoms with van der Waals surface area (Å²) in [4.78, 5) is 0. The Labute approximate surface area is 90.7 Å². The third-order valence-corrected chi connectivity index (χ3v) is 3.11. The van der Waals surface area contributed by atoms with Crippen molar-refractivity contribution < 1.29 is 4.39 Å². The van der Waals surface area contributed by atoms with Crippen molar-refractivity contribution in [2.24, 2.45) is 0 Å². The van der Waals surface area contributed by atoms with Gasteiger partial charge in [0, 0.05) is 11.6 Å². The molecule has 0 aromatic heterocycles. The van der Waals surface area contributed by atoms with Crippen LogP contribution in [-0.2, 0) is 0 Å². The number of hydrogen-bond donors (Lipinski definition) is 1. The van der Waals surface area contributed by atoms with E-state index in [0.717, 1.165) is 29.7 Å². The van der Waals surface area contributed by atoms with Gasteiger partial charge in [0.15, 0.2) is 0 Å². The summed E-state index contributed by atoms with van der Waals surface area (Å²) in [5, 5.41) is 3.39. The summed E-state index contributed by atoms with van der Waals surface area (Å²) in [7, 11) is 0. The Balaban J connectivity index is 2.33. The molecule has 1 atom stereocenters. The third kappa shape index (κ3) is 2.20. The van der Waals surface area contributed by atoms with Gasteiger partial charge in [-0.05, 0) is 38.8 Å². The van der Waals surface area contributed by atoms with Crippen molar-refractivity contribution in [2.75, 3.05) is 6.54 Å². The van der Waals surface area contributed by atoms with Crippen LogP contribution in [0.15, 0.2) is 12.1 Å². The van der Waals surface area contributed by atoms with Crippen LogP contribution < -0.4 is 5.32 Å². The number of benzene rings is 1. The molecule has 2 rings (SSSR count). The molecule has 0 radical (unpaired) electrons. The third-order valence-electron chi connectivity index (χ3n) is 3.11. The minimum absolute atomic E-state index is 0.0278. The fourth-order valence-electron chi connectivity index (χ4n) is 2.35. The van der Waals surface area contributed by atoms with Crippen LogP contribution in [0, 0.1) is 19.7 Å². The van der Waals surface area contributed by atoms with Gasteiger partial charge in [0.1, 0.15) is 5.82 Å². The highest BCUT2D eigenvalue weighted by Gasteiger charge is 2.19. The van der Waals surface area contributed by atoms with Crippen LogP contribution >= 0.6 is 0 Å². The van der Waals surface area contributed by atoms with E-state index in [1.54, 1.807) is 0 Å². The maximum atomic E-state index is 13.9. The van der Waals surface area contributed by atoms with Gasteiger partial charge in [0.2, 0.25) is 0 Å². The molecule has 0 amide bonds. The van der Waals surface area contributed by atoms with Crippen LogP contribution in [0.5, 0.6) is 0 Å². The number of piperidine rings is 1. The first-order chi connectivity index (χ1) is 7.18. The van der Waals surface area contributed by atoms with E-state index in [9.17, 15) is 4.39 Å². The average Bonchev–Trinajstić information content (AvgIpc) is 2.24. The lowest BCUT2D eigenvalue weighted by molar-refractivity contribution is 0.399. The predicted octanol–water partition coefficient (Wildman–Crippen LogP) is 3.26. The lowest BCUT2D eigenvalue weighted by atomic mass is 9.94. The van der Waals surface area contributed by atoms with E-state index in [4.69, 9.17) is 0 Å². The molecular weight excluding hydrogens is 189 g/mol.